The molecule has 0 fully saturated rings. The van der Waals surface area contributed by atoms with Crippen molar-refractivity contribution in [2.45, 2.75) is 96.9 Å². The van der Waals surface area contributed by atoms with Gasteiger partial charge in [0.1, 0.15) is 6.04 Å². The lowest BCUT2D eigenvalue weighted by atomic mass is 10.1. The van der Waals surface area contributed by atoms with Crippen LogP contribution in [0.2, 0.25) is 0 Å². The van der Waals surface area contributed by atoms with Crippen LogP contribution in [0.3, 0.4) is 0 Å². The van der Waals surface area contributed by atoms with E-state index in [1.807, 2.05) is 19.9 Å². The lowest BCUT2D eigenvalue weighted by Crippen LogP contribution is -2.51. The third-order valence-electron chi connectivity index (χ3n) is 6.29. The molecule has 9 nitrogen and oxygen atoms in total. The number of benzene rings is 1. The van der Waals surface area contributed by atoms with E-state index >= 15 is 0 Å². The summed E-state index contributed by atoms with van der Waals surface area (Å²) < 4.78 is 26.3. The highest BCUT2D eigenvalue weighted by Crippen LogP contribution is 2.17. The lowest BCUT2D eigenvalue weighted by molar-refractivity contribution is -0.128. The van der Waals surface area contributed by atoms with E-state index in [4.69, 9.17) is 0 Å². The summed E-state index contributed by atoms with van der Waals surface area (Å²) in [5.74, 6) is -1.52. The molecule has 1 aromatic carbocycles. The number of carbonyl (C=O) groups is 3. The standard InChI is InChI=1S/C28H48N4O5S/c1-5-11-25(12-6-2)38(36,37)21-26(32-27(34)15-9-17-30-22(4)33)28(35)31-18-10-16-29-20-24-14-8-13-23(7-3)19-24/h8,13-14,19,25-26,29H,5-7,9-12,15-18,20-21H2,1-4H3,(H,30,33)(H,31,35)(H,32,34)/t26-/m1/s1. The van der Waals surface area contributed by atoms with Crippen LogP contribution in [0.5, 0.6) is 0 Å². The highest BCUT2D eigenvalue weighted by molar-refractivity contribution is 7.92. The highest BCUT2D eigenvalue weighted by Gasteiger charge is 2.31. The van der Waals surface area contributed by atoms with E-state index < -0.39 is 38.7 Å². The molecule has 1 rings (SSSR count). The van der Waals surface area contributed by atoms with Crippen molar-refractivity contribution in [3.63, 3.8) is 0 Å². The molecule has 4 N–H and O–H groups in total. The number of rotatable bonds is 20. The monoisotopic (exact) mass is 552 g/mol. The van der Waals surface area contributed by atoms with Crippen LogP contribution in [-0.2, 0) is 37.2 Å². The van der Waals surface area contributed by atoms with E-state index in [1.54, 1.807) is 0 Å². The number of aryl methyl sites for hydroxylation is 1. The second kappa shape index (κ2) is 18.7. The molecular weight excluding hydrogens is 504 g/mol. The first-order valence-corrected chi connectivity index (χ1v) is 15.7. The van der Waals surface area contributed by atoms with Crippen LogP contribution < -0.4 is 21.3 Å². The van der Waals surface area contributed by atoms with Crippen LogP contribution in [0, 0.1) is 0 Å². The number of hydrogen-bond acceptors (Lipinski definition) is 6. The molecular formula is C28H48N4O5S. The molecule has 0 radical (unpaired) electrons. The van der Waals surface area contributed by atoms with Gasteiger partial charge in [0.25, 0.3) is 0 Å². The lowest BCUT2D eigenvalue weighted by Gasteiger charge is -2.22. The molecule has 0 aliphatic rings. The van der Waals surface area contributed by atoms with E-state index in [9.17, 15) is 22.8 Å². The van der Waals surface area contributed by atoms with E-state index in [1.165, 1.54) is 18.1 Å². The molecule has 0 aliphatic carbocycles. The quantitative estimate of drug-likeness (QED) is 0.184. The molecule has 0 bridgehead atoms. The Balaban J connectivity index is 2.67. The summed E-state index contributed by atoms with van der Waals surface area (Å²) in [4.78, 5) is 36.5. The van der Waals surface area contributed by atoms with Crippen molar-refractivity contribution in [2.24, 2.45) is 0 Å². The summed E-state index contributed by atoms with van der Waals surface area (Å²) >= 11 is 0. The van der Waals surface area contributed by atoms with Gasteiger partial charge in [-0.15, -0.1) is 0 Å². The van der Waals surface area contributed by atoms with Crippen LogP contribution in [-0.4, -0.2) is 62.8 Å². The van der Waals surface area contributed by atoms with Crippen molar-refractivity contribution in [2.75, 3.05) is 25.4 Å². The molecule has 3 amide bonds. The number of amides is 3. The summed E-state index contributed by atoms with van der Waals surface area (Å²) in [5.41, 5.74) is 2.49. The predicted molar refractivity (Wildman–Crippen MR) is 152 cm³/mol. The Hall–Kier alpha value is -2.46. The fourth-order valence-corrected chi connectivity index (χ4v) is 6.38. The zero-order valence-corrected chi connectivity index (χ0v) is 24.4. The average Bonchev–Trinajstić information content (AvgIpc) is 2.87. The van der Waals surface area contributed by atoms with Gasteiger partial charge in [-0.05, 0) is 49.8 Å². The van der Waals surface area contributed by atoms with Crippen LogP contribution in [0.25, 0.3) is 0 Å². The third kappa shape index (κ3) is 13.9. The minimum Gasteiger partial charge on any atom is -0.356 e. The maximum absolute atomic E-state index is 13.1. The minimum atomic E-state index is -3.59. The maximum Gasteiger partial charge on any atom is 0.243 e. The van der Waals surface area contributed by atoms with Gasteiger partial charge in [-0.2, -0.15) is 0 Å². The van der Waals surface area contributed by atoms with Gasteiger partial charge in [0, 0.05) is 33.0 Å². The summed E-state index contributed by atoms with van der Waals surface area (Å²) in [6, 6.07) is 7.23. The molecule has 0 aliphatic heterocycles. The van der Waals surface area contributed by atoms with Crippen molar-refractivity contribution in [1.29, 1.82) is 0 Å². The molecule has 1 atom stereocenters. The number of nitrogens with one attached hydrogen (secondary N) is 4. The van der Waals surface area contributed by atoms with E-state index in [-0.39, 0.29) is 12.3 Å². The van der Waals surface area contributed by atoms with Crippen LogP contribution in [0.4, 0.5) is 0 Å². The smallest absolute Gasteiger partial charge is 0.243 e. The van der Waals surface area contributed by atoms with Gasteiger partial charge in [-0.3, -0.25) is 14.4 Å². The Labute approximate surface area is 229 Å². The molecule has 1 aromatic rings. The Kier molecular flexibility index (Phi) is 16.6. The normalized spacial score (nSPS) is 12.2. The molecule has 38 heavy (non-hydrogen) atoms. The van der Waals surface area contributed by atoms with Gasteiger partial charge >= 0.3 is 0 Å². The van der Waals surface area contributed by atoms with Gasteiger partial charge in [-0.25, -0.2) is 8.42 Å². The average molecular weight is 553 g/mol. The van der Waals surface area contributed by atoms with Gasteiger partial charge < -0.3 is 21.3 Å². The summed E-state index contributed by atoms with van der Waals surface area (Å²) in [6.45, 7) is 9.51. The molecule has 0 heterocycles. The highest BCUT2D eigenvalue weighted by atomic mass is 32.2. The summed E-state index contributed by atoms with van der Waals surface area (Å²) in [7, 11) is -3.59. The van der Waals surface area contributed by atoms with Gasteiger partial charge in [0.2, 0.25) is 17.7 Å². The second-order valence-corrected chi connectivity index (χ2v) is 12.1. The molecule has 10 heteroatoms. The van der Waals surface area contributed by atoms with E-state index in [2.05, 4.69) is 46.4 Å². The number of sulfone groups is 1. The fourth-order valence-electron chi connectivity index (χ4n) is 4.22. The molecule has 0 unspecified atom stereocenters. The minimum absolute atomic E-state index is 0.0839. The first-order chi connectivity index (χ1) is 18.1. The van der Waals surface area contributed by atoms with Crippen LogP contribution in [0.15, 0.2) is 24.3 Å². The molecule has 0 spiro atoms. The van der Waals surface area contributed by atoms with E-state index in [0.29, 0.717) is 45.3 Å². The van der Waals surface area contributed by atoms with Crippen molar-refractivity contribution in [3.05, 3.63) is 35.4 Å². The van der Waals surface area contributed by atoms with Crippen LogP contribution in [0.1, 0.15) is 83.8 Å². The van der Waals surface area contributed by atoms with Gasteiger partial charge in [-0.1, -0.05) is 57.9 Å². The summed E-state index contributed by atoms with van der Waals surface area (Å²) in [5, 5.41) is 10.9. The number of carbonyl (C=O) groups excluding carboxylic acids is 3. The van der Waals surface area contributed by atoms with Crippen molar-refractivity contribution >= 4 is 27.6 Å². The van der Waals surface area contributed by atoms with Crippen LogP contribution >= 0.6 is 0 Å². The predicted octanol–water partition coefficient (Wildman–Crippen LogP) is 2.63. The number of hydrogen-bond donors (Lipinski definition) is 4. The molecule has 0 aromatic heterocycles. The Bertz CT molecular complexity index is 962. The topological polar surface area (TPSA) is 133 Å². The SMILES string of the molecule is CCCC(CCC)S(=O)(=O)C[C@@H](NC(=O)CCCNC(C)=O)C(=O)NCCCNCc1cccc(CC)c1. The second-order valence-electron chi connectivity index (χ2n) is 9.73. The molecule has 216 valence electrons. The zero-order chi connectivity index (χ0) is 28.4. The first kappa shape index (κ1) is 33.6. The van der Waals surface area contributed by atoms with Gasteiger partial charge in [0.05, 0.1) is 11.0 Å². The van der Waals surface area contributed by atoms with Crippen molar-refractivity contribution in [3.8, 4) is 0 Å². The Morgan fingerprint density at radius 1 is 0.895 bits per heavy atom. The van der Waals surface area contributed by atoms with Crippen molar-refractivity contribution < 1.29 is 22.8 Å². The zero-order valence-electron chi connectivity index (χ0n) is 23.6. The third-order valence-corrected chi connectivity index (χ3v) is 8.58. The fraction of sp³-hybridized carbons (Fsp3) is 0.679. The Morgan fingerprint density at radius 2 is 1.55 bits per heavy atom. The molecule has 0 saturated carbocycles. The molecule has 0 saturated heterocycles. The summed E-state index contributed by atoms with van der Waals surface area (Å²) in [6.07, 6.45) is 4.65. The van der Waals surface area contributed by atoms with Crippen molar-refractivity contribution in [1.82, 2.24) is 21.3 Å². The largest absolute Gasteiger partial charge is 0.356 e. The van der Waals surface area contributed by atoms with Gasteiger partial charge in [0.15, 0.2) is 9.84 Å². The Morgan fingerprint density at radius 3 is 2.18 bits per heavy atom. The van der Waals surface area contributed by atoms with E-state index in [0.717, 1.165) is 25.8 Å². The first-order valence-electron chi connectivity index (χ1n) is 13.9. The maximum atomic E-state index is 13.1.